The SMILES string of the molecule is COc1ccc(N2CCC(O)C2c2[c-]c(Cl)ccc2)cc1.[Cr]. The average molecular weight is 355 g/mol. The molecule has 2 atom stereocenters. The molecule has 22 heavy (non-hydrogen) atoms. The second kappa shape index (κ2) is 7.39. The van der Waals surface area contributed by atoms with Crippen LogP contribution < -0.4 is 9.64 Å². The first kappa shape index (κ1) is 17.2. The largest absolute Gasteiger partial charge is 0.497 e. The van der Waals surface area contributed by atoms with E-state index in [4.69, 9.17) is 16.3 Å². The van der Waals surface area contributed by atoms with Crippen molar-refractivity contribution < 1.29 is 27.2 Å². The topological polar surface area (TPSA) is 32.7 Å². The number of hydrogen-bond donors (Lipinski definition) is 1. The Balaban J connectivity index is 0.00000176. The molecule has 1 aliphatic heterocycles. The van der Waals surface area contributed by atoms with Gasteiger partial charge in [0.15, 0.2) is 0 Å². The predicted octanol–water partition coefficient (Wildman–Crippen LogP) is 3.46. The van der Waals surface area contributed by atoms with Crippen LogP contribution in [0.3, 0.4) is 0 Å². The molecule has 0 aromatic heterocycles. The Morgan fingerprint density at radius 1 is 1.23 bits per heavy atom. The quantitative estimate of drug-likeness (QED) is 0.857. The predicted molar refractivity (Wildman–Crippen MR) is 84.0 cm³/mol. The standard InChI is InChI=1S/C17H17ClNO2.Cr/c1-21-15-7-5-14(6-8-15)19-10-9-16(20)17(19)12-3-2-4-13(18)11-12;/h2-8,16-17,20H,9-10H2,1H3;/q-1;. The Bertz CT molecular complexity index is 620. The number of aliphatic hydroxyl groups excluding tert-OH is 1. The molecule has 2 unspecified atom stereocenters. The fourth-order valence-corrected chi connectivity index (χ4v) is 3.03. The number of anilines is 1. The van der Waals surface area contributed by atoms with Crippen LogP contribution in [0.4, 0.5) is 5.69 Å². The zero-order valence-corrected chi connectivity index (χ0v) is 14.2. The molecule has 3 rings (SSSR count). The van der Waals surface area contributed by atoms with Crippen LogP contribution in [-0.2, 0) is 17.4 Å². The van der Waals surface area contributed by atoms with Crippen LogP contribution in [0.25, 0.3) is 0 Å². The summed E-state index contributed by atoms with van der Waals surface area (Å²) < 4.78 is 5.19. The molecular weight excluding hydrogens is 338 g/mol. The Labute approximate surface area is 146 Å². The second-order valence-electron chi connectivity index (χ2n) is 5.15. The minimum atomic E-state index is -0.415. The number of hydrogen-bond acceptors (Lipinski definition) is 3. The molecule has 5 heteroatoms. The normalized spacial score (nSPS) is 20.6. The van der Waals surface area contributed by atoms with E-state index in [0.717, 1.165) is 30.0 Å². The van der Waals surface area contributed by atoms with E-state index in [9.17, 15) is 5.11 Å². The van der Waals surface area contributed by atoms with E-state index in [1.807, 2.05) is 36.4 Å². The molecule has 0 spiro atoms. The molecule has 1 saturated heterocycles. The van der Waals surface area contributed by atoms with Crippen molar-refractivity contribution in [2.24, 2.45) is 0 Å². The van der Waals surface area contributed by atoms with Crippen molar-refractivity contribution in [3.05, 3.63) is 59.1 Å². The van der Waals surface area contributed by atoms with Crippen molar-refractivity contribution in [1.29, 1.82) is 0 Å². The molecule has 0 saturated carbocycles. The second-order valence-corrected chi connectivity index (χ2v) is 5.55. The van der Waals surface area contributed by atoms with Gasteiger partial charge in [-0.05, 0) is 30.7 Å². The molecule has 1 N–H and O–H groups in total. The van der Waals surface area contributed by atoms with Crippen LogP contribution in [0.1, 0.15) is 18.0 Å². The van der Waals surface area contributed by atoms with Crippen LogP contribution in [-0.4, -0.2) is 24.9 Å². The number of nitrogens with zero attached hydrogens (tertiary/aromatic N) is 1. The van der Waals surface area contributed by atoms with E-state index >= 15 is 0 Å². The monoisotopic (exact) mass is 354 g/mol. The zero-order chi connectivity index (χ0) is 14.8. The van der Waals surface area contributed by atoms with Gasteiger partial charge in [-0.15, -0.1) is 17.2 Å². The maximum atomic E-state index is 10.3. The molecule has 1 fully saturated rings. The molecule has 0 bridgehead atoms. The van der Waals surface area contributed by atoms with Gasteiger partial charge in [0.05, 0.1) is 19.3 Å². The smallest absolute Gasteiger partial charge is 0.119 e. The summed E-state index contributed by atoms with van der Waals surface area (Å²) in [7, 11) is 1.65. The average Bonchev–Trinajstić information content (AvgIpc) is 2.89. The molecule has 0 amide bonds. The third-order valence-corrected chi connectivity index (χ3v) is 4.09. The van der Waals surface area contributed by atoms with Gasteiger partial charge in [-0.3, -0.25) is 0 Å². The molecule has 2 aromatic rings. The number of benzene rings is 2. The summed E-state index contributed by atoms with van der Waals surface area (Å²) in [5, 5.41) is 10.9. The molecule has 1 aliphatic rings. The van der Waals surface area contributed by atoms with Crippen LogP contribution in [0.15, 0.2) is 42.5 Å². The summed E-state index contributed by atoms with van der Waals surface area (Å²) in [6, 6.07) is 16.6. The van der Waals surface area contributed by atoms with Crippen molar-refractivity contribution in [3.63, 3.8) is 0 Å². The summed E-state index contributed by atoms with van der Waals surface area (Å²) in [6.07, 6.45) is 0.318. The molecule has 1 heterocycles. The first-order valence-electron chi connectivity index (χ1n) is 6.95. The summed E-state index contributed by atoms with van der Waals surface area (Å²) in [6.45, 7) is 0.804. The number of methoxy groups -OCH3 is 1. The van der Waals surface area contributed by atoms with E-state index in [0.29, 0.717) is 5.02 Å². The van der Waals surface area contributed by atoms with Gasteiger partial charge in [0, 0.05) is 29.6 Å². The van der Waals surface area contributed by atoms with Gasteiger partial charge in [-0.1, -0.05) is 5.02 Å². The summed E-state index contributed by atoms with van der Waals surface area (Å²) >= 11 is 6.03. The van der Waals surface area contributed by atoms with Crippen LogP contribution >= 0.6 is 11.6 Å². The Morgan fingerprint density at radius 2 is 1.95 bits per heavy atom. The fraction of sp³-hybridized carbons (Fsp3) is 0.294. The minimum absolute atomic E-state index is 0. The Morgan fingerprint density at radius 3 is 2.59 bits per heavy atom. The summed E-state index contributed by atoms with van der Waals surface area (Å²) in [5.41, 5.74) is 1.98. The minimum Gasteiger partial charge on any atom is -0.497 e. The van der Waals surface area contributed by atoms with Gasteiger partial charge in [0.25, 0.3) is 0 Å². The third-order valence-electron chi connectivity index (χ3n) is 3.87. The molecule has 116 valence electrons. The third kappa shape index (κ3) is 3.42. The fourth-order valence-electron chi connectivity index (χ4n) is 2.84. The Kier molecular flexibility index (Phi) is 5.77. The zero-order valence-electron chi connectivity index (χ0n) is 12.2. The van der Waals surface area contributed by atoms with Gasteiger partial charge in [0.2, 0.25) is 0 Å². The van der Waals surface area contributed by atoms with E-state index in [1.165, 1.54) is 0 Å². The molecule has 2 aromatic carbocycles. The maximum Gasteiger partial charge on any atom is 0.119 e. The first-order chi connectivity index (χ1) is 10.2. The van der Waals surface area contributed by atoms with Crippen LogP contribution in [0.5, 0.6) is 5.75 Å². The van der Waals surface area contributed by atoms with Crippen LogP contribution in [0.2, 0.25) is 5.02 Å². The van der Waals surface area contributed by atoms with Crippen molar-refractivity contribution in [3.8, 4) is 5.75 Å². The van der Waals surface area contributed by atoms with Crippen molar-refractivity contribution in [1.82, 2.24) is 0 Å². The van der Waals surface area contributed by atoms with E-state index in [2.05, 4.69) is 11.0 Å². The van der Waals surface area contributed by atoms with Gasteiger partial charge in [-0.2, -0.15) is 24.3 Å². The van der Waals surface area contributed by atoms with Crippen molar-refractivity contribution in [2.75, 3.05) is 18.6 Å². The van der Waals surface area contributed by atoms with Crippen LogP contribution in [0, 0.1) is 6.07 Å². The number of aliphatic hydroxyl groups is 1. The summed E-state index contributed by atoms with van der Waals surface area (Å²) in [4.78, 5) is 2.19. The molecule has 3 nitrogen and oxygen atoms in total. The molecule has 0 radical (unpaired) electrons. The van der Waals surface area contributed by atoms with Gasteiger partial charge in [0.1, 0.15) is 5.75 Å². The van der Waals surface area contributed by atoms with Crippen molar-refractivity contribution in [2.45, 2.75) is 18.6 Å². The maximum absolute atomic E-state index is 10.3. The number of halogens is 1. The first-order valence-corrected chi connectivity index (χ1v) is 7.33. The van der Waals surface area contributed by atoms with Gasteiger partial charge < -0.3 is 14.7 Å². The molecule has 0 aliphatic carbocycles. The van der Waals surface area contributed by atoms with Gasteiger partial charge in [-0.25, -0.2) is 0 Å². The van der Waals surface area contributed by atoms with Crippen molar-refractivity contribution >= 4 is 17.3 Å². The molecular formula is C17H17ClCrNO2-. The number of ether oxygens (including phenoxy) is 1. The van der Waals surface area contributed by atoms with Gasteiger partial charge >= 0.3 is 0 Å². The van der Waals surface area contributed by atoms with E-state index < -0.39 is 6.10 Å². The number of rotatable bonds is 3. The summed E-state index contributed by atoms with van der Waals surface area (Å²) in [5.74, 6) is 0.823. The van der Waals surface area contributed by atoms with E-state index in [1.54, 1.807) is 13.2 Å². The van der Waals surface area contributed by atoms with E-state index in [-0.39, 0.29) is 23.4 Å². The Hall–Kier alpha value is -1.18.